The van der Waals surface area contributed by atoms with Crippen LogP contribution in [0.2, 0.25) is 5.02 Å². The number of aromatic nitrogens is 1. The Morgan fingerprint density at radius 2 is 2.04 bits per heavy atom. The van der Waals surface area contributed by atoms with Crippen LogP contribution in [0.3, 0.4) is 0 Å². The van der Waals surface area contributed by atoms with Gasteiger partial charge in [-0.25, -0.2) is 17.7 Å². The van der Waals surface area contributed by atoms with E-state index < -0.39 is 10.0 Å². The van der Waals surface area contributed by atoms with Gasteiger partial charge in [-0.1, -0.05) is 45.8 Å². The predicted octanol–water partition coefficient (Wildman–Crippen LogP) is 4.60. The number of rotatable bonds is 5. The van der Waals surface area contributed by atoms with Gasteiger partial charge in [0.1, 0.15) is 0 Å². The zero-order valence-corrected chi connectivity index (χ0v) is 18.3. The molecular formula is C17H15BrClN3O3S2. The summed E-state index contributed by atoms with van der Waals surface area (Å²) in [7, 11) is -2.02. The van der Waals surface area contributed by atoms with Gasteiger partial charge in [0, 0.05) is 18.1 Å². The Labute approximate surface area is 174 Å². The number of halogens is 2. The van der Waals surface area contributed by atoms with Gasteiger partial charge < -0.3 is 0 Å². The van der Waals surface area contributed by atoms with Crippen LogP contribution in [-0.4, -0.2) is 37.2 Å². The molecule has 0 aliphatic heterocycles. The van der Waals surface area contributed by atoms with Crippen molar-refractivity contribution in [3.05, 3.63) is 51.5 Å². The Hall–Kier alpha value is -1.52. The minimum atomic E-state index is -3.55. The summed E-state index contributed by atoms with van der Waals surface area (Å²) in [6, 6.07) is 9.70. The van der Waals surface area contributed by atoms with Crippen molar-refractivity contribution >= 4 is 70.1 Å². The number of benzene rings is 2. The van der Waals surface area contributed by atoms with Crippen molar-refractivity contribution in [1.82, 2.24) is 9.29 Å². The van der Waals surface area contributed by atoms with Crippen LogP contribution in [0.25, 0.3) is 10.2 Å². The summed E-state index contributed by atoms with van der Waals surface area (Å²) < 4.78 is 27.6. The maximum atomic E-state index is 12.5. The molecule has 6 nitrogen and oxygen atoms in total. The third-order valence-corrected chi connectivity index (χ3v) is 7.59. The molecule has 2 aromatic carbocycles. The number of nitrogens with zero attached hydrogens (tertiary/aromatic N) is 2. The van der Waals surface area contributed by atoms with E-state index in [1.165, 1.54) is 28.8 Å². The fraction of sp³-hybridized carbons (Fsp3) is 0.176. The summed E-state index contributed by atoms with van der Waals surface area (Å²) in [4.78, 5) is 17.0. The molecule has 0 atom stereocenters. The minimum absolute atomic E-state index is 0.191. The maximum absolute atomic E-state index is 12.5. The highest BCUT2D eigenvalue weighted by Crippen LogP contribution is 2.30. The summed E-state index contributed by atoms with van der Waals surface area (Å²) in [6.45, 7) is 2.14. The van der Waals surface area contributed by atoms with Crippen molar-refractivity contribution < 1.29 is 13.2 Å². The van der Waals surface area contributed by atoms with Crippen LogP contribution in [0, 0.1) is 0 Å². The highest BCUT2D eigenvalue weighted by molar-refractivity contribution is 9.10. The van der Waals surface area contributed by atoms with E-state index in [2.05, 4.69) is 26.2 Å². The average molecular weight is 489 g/mol. The molecule has 1 amide bonds. The molecule has 0 spiro atoms. The lowest BCUT2D eigenvalue weighted by Crippen LogP contribution is -2.26. The van der Waals surface area contributed by atoms with Gasteiger partial charge in [-0.3, -0.25) is 10.1 Å². The normalized spacial score (nSPS) is 11.9. The molecule has 0 aliphatic rings. The molecule has 3 aromatic rings. The zero-order chi connectivity index (χ0) is 19.8. The van der Waals surface area contributed by atoms with Gasteiger partial charge in [0.25, 0.3) is 5.91 Å². The lowest BCUT2D eigenvalue weighted by atomic mass is 10.2. The molecule has 3 rings (SSSR count). The van der Waals surface area contributed by atoms with Crippen LogP contribution in [-0.2, 0) is 10.0 Å². The molecule has 142 valence electrons. The number of hydrogen-bond acceptors (Lipinski definition) is 5. The second-order valence-corrected chi connectivity index (χ2v) is 10.0. The average Bonchev–Trinajstić information content (AvgIpc) is 3.04. The second-order valence-electron chi connectivity index (χ2n) is 5.65. The van der Waals surface area contributed by atoms with E-state index in [1.807, 2.05) is 0 Å². The molecule has 1 aromatic heterocycles. The number of fused-ring (bicyclic) bond motifs is 1. The SMILES string of the molecule is CCN(C)S(=O)(=O)c1ccc2nc(NC(=O)c3cc(Br)ccc3Cl)sc2c1. The Kier molecular flexibility index (Phi) is 5.87. The summed E-state index contributed by atoms with van der Waals surface area (Å²) >= 11 is 10.6. The topological polar surface area (TPSA) is 79.4 Å². The third kappa shape index (κ3) is 4.17. The van der Waals surface area contributed by atoms with Gasteiger partial charge in [0.05, 0.1) is 25.7 Å². The minimum Gasteiger partial charge on any atom is -0.298 e. The largest absolute Gasteiger partial charge is 0.298 e. The molecular weight excluding hydrogens is 474 g/mol. The molecule has 0 aliphatic carbocycles. The molecule has 10 heteroatoms. The molecule has 0 radical (unpaired) electrons. The van der Waals surface area contributed by atoms with Crippen LogP contribution < -0.4 is 5.32 Å². The Morgan fingerprint density at radius 1 is 1.30 bits per heavy atom. The van der Waals surface area contributed by atoms with E-state index in [4.69, 9.17) is 11.6 Å². The second kappa shape index (κ2) is 7.84. The van der Waals surface area contributed by atoms with E-state index in [9.17, 15) is 13.2 Å². The van der Waals surface area contributed by atoms with Crippen LogP contribution in [0.4, 0.5) is 5.13 Å². The first-order valence-corrected chi connectivity index (χ1v) is 11.3. The maximum Gasteiger partial charge on any atom is 0.258 e. The summed E-state index contributed by atoms with van der Waals surface area (Å²) in [6.07, 6.45) is 0. The first-order valence-electron chi connectivity index (χ1n) is 7.85. The number of sulfonamides is 1. The molecule has 0 saturated carbocycles. The first kappa shape index (κ1) is 20.2. The van der Waals surface area contributed by atoms with Crippen LogP contribution in [0.1, 0.15) is 17.3 Å². The number of carbonyl (C=O) groups excluding carboxylic acids is 1. The van der Waals surface area contributed by atoms with Gasteiger partial charge in [0.15, 0.2) is 5.13 Å². The summed E-state index contributed by atoms with van der Waals surface area (Å²) in [5.41, 5.74) is 0.923. The van der Waals surface area contributed by atoms with Gasteiger partial charge in [-0.15, -0.1) is 0 Å². The molecule has 0 fully saturated rings. The van der Waals surface area contributed by atoms with E-state index in [-0.39, 0.29) is 10.8 Å². The van der Waals surface area contributed by atoms with Crippen LogP contribution >= 0.6 is 38.9 Å². The number of anilines is 1. The Morgan fingerprint density at radius 3 is 2.74 bits per heavy atom. The molecule has 0 unspecified atom stereocenters. The van der Waals surface area contributed by atoms with Gasteiger partial charge >= 0.3 is 0 Å². The lowest BCUT2D eigenvalue weighted by Gasteiger charge is -2.14. The number of hydrogen-bond donors (Lipinski definition) is 1. The molecule has 0 saturated heterocycles. The van der Waals surface area contributed by atoms with Crippen molar-refractivity contribution in [2.45, 2.75) is 11.8 Å². The fourth-order valence-corrected chi connectivity index (χ4v) is 5.05. The molecule has 1 heterocycles. The highest BCUT2D eigenvalue weighted by Gasteiger charge is 2.20. The number of carbonyl (C=O) groups is 1. The quantitative estimate of drug-likeness (QED) is 0.569. The van der Waals surface area contributed by atoms with Crippen molar-refractivity contribution in [2.24, 2.45) is 0 Å². The van der Waals surface area contributed by atoms with Crippen molar-refractivity contribution in [3.8, 4) is 0 Å². The zero-order valence-electron chi connectivity index (χ0n) is 14.4. The van der Waals surface area contributed by atoms with Crippen LogP contribution in [0.15, 0.2) is 45.8 Å². The standard InChI is InChI=1S/C17H15BrClN3O3S2/c1-3-22(2)27(24,25)11-5-7-14-15(9-11)26-17(20-14)21-16(23)12-8-10(18)4-6-13(12)19/h4-9H,3H2,1-2H3,(H,20,21,23). The van der Waals surface area contributed by atoms with E-state index >= 15 is 0 Å². The van der Waals surface area contributed by atoms with E-state index in [1.54, 1.807) is 37.3 Å². The van der Waals surface area contributed by atoms with Gasteiger partial charge in [-0.2, -0.15) is 0 Å². The third-order valence-electron chi connectivity index (χ3n) is 3.91. The molecule has 0 bridgehead atoms. The lowest BCUT2D eigenvalue weighted by molar-refractivity contribution is 0.102. The van der Waals surface area contributed by atoms with Crippen molar-refractivity contribution in [1.29, 1.82) is 0 Å². The summed E-state index contributed by atoms with van der Waals surface area (Å²) in [5, 5.41) is 3.40. The van der Waals surface area contributed by atoms with E-state index in [0.29, 0.717) is 32.5 Å². The van der Waals surface area contributed by atoms with Crippen LogP contribution in [0.5, 0.6) is 0 Å². The molecule has 27 heavy (non-hydrogen) atoms. The monoisotopic (exact) mass is 487 g/mol. The number of thiazole rings is 1. The smallest absolute Gasteiger partial charge is 0.258 e. The highest BCUT2D eigenvalue weighted by atomic mass is 79.9. The van der Waals surface area contributed by atoms with Crippen molar-refractivity contribution in [2.75, 3.05) is 18.9 Å². The van der Waals surface area contributed by atoms with Gasteiger partial charge in [0.2, 0.25) is 10.0 Å². The molecule has 1 N–H and O–H groups in total. The predicted molar refractivity (Wildman–Crippen MR) is 112 cm³/mol. The van der Waals surface area contributed by atoms with E-state index in [0.717, 1.165) is 4.47 Å². The number of nitrogens with one attached hydrogen (secondary N) is 1. The summed E-state index contributed by atoms with van der Waals surface area (Å²) in [5.74, 6) is -0.390. The Balaban J connectivity index is 1.91. The first-order chi connectivity index (χ1) is 12.7. The van der Waals surface area contributed by atoms with Crippen molar-refractivity contribution in [3.63, 3.8) is 0 Å². The Bertz CT molecular complexity index is 1130. The fourth-order valence-electron chi connectivity index (χ4n) is 2.30. The van der Waals surface area contributed by atoms with Gasteiger partial charge in [-0.05, 0) is 36.4 Å². The number of amides is 1.